The molecule has 0 spiro atoms. The van der Waals surface area contributed by atoms with Crippen LogP contribution in [0.25, 0.3) is 11.3 Å². The Morgan fingerprint density at radius 3 is 2.44 bits per heavy atom. The second kappa shape index (κ2) is 10.4. The van der Waals surface area contributed by atoms with E-state index in [1.165, 1.54) is 30.9 Å². The minimum atomic E-state index is 0.167. The van der Waals surface area contributed by atoms with Crippen LogP contribution in [0.2, 0.25) is 0 Å². The molecule has 3 fully saturated rings. The molecule has 0 bridgehead atoms. The largest absolute Gasteiger partial charge is 0.379 e. The standard InChI is InChI=1S/C25H34N4O2S/c30-25(29-13-7-22(8-14-29)28-10-1-2-11-28)21-5-3-20(4-6-21)23-19-32-24(26-23)9-12-27-15-17-31-18-16-27/h3-6,19,22H,1-2,7-18H2. The van der Waals surface area contributed by atoms with Gasteiger partial charge in [-0.05, 0) is 50.9 Å². The Bertz CT molecular complexity index is 880. The van der Waals surface area contributed by atoms with E-state index in [2.05, 4.69) is 15.2 Å². The van der Waals surface area contributed by atoms with Gasteiger partial charge in [-0.2, -0.15) is 0 Å². The first-order valence-corrected chi connectivity index (χ1v) is 13.0. The number of hydrogen-bond donors (Lipinski definition) is 0. The van der Waals surface area contributed by atoms with E-state index < -0.39 is 0 Å². The molecule has 0 N–H and O–H groups in total. The van der Waals surface area contributed by atoms with Crippen LogP contribution in [0.3, 0.4) is 0 Å². The lowest BCUT2D eigenvalue weighted by molar-refractivity contribution is 0.0384. The van der Waals surface area contributed by atoms with Crippen molar-refractivity contribution in [2.24, 2.45) is 0 Å². The Kier molecular flexibility index (Phi) is 7.17. The van der Waals surface area contributed by atoms with E-state index in [-0.39, 0.29) is 5.91 Å². The van der Waals surface area contributed by atoms with Crippen molar-refractivity contribution in [2.75, 3.05) is 59.0 Å². The minimum Gasteiger partial charge on any atom is -0.379 e. The van der Waals surface area contributed by atoms with Gasteiger partial charge in [0.1, 0.15) is 0 Å². The Morgan fingerprint density at radius 1 is 1.00 bits per heavy atom. The summed E-state index contributed by atoms with van der Waals surface area (Å²) in [7, 11) is 0. The number of piperidine rings is 1. The van der Waals surface area contributed by atoms with Gasteiger partial charge >= 0.3 is 0 Å². The van der Waals surface area contributed by atoms with Gasteiger partial charge in [-0.15, -0.1) is 11.3 Å². The number of nitrogens with zero attached hydrogens (tertiary/aromatic N) is 4. The number of ether oxygens (including phenoxy) is 1. The number of hydrogen-bond acceptors (Lipinski definition) is 6. The molecular weight excluding hydrogens is 420 g/mol. The maximum Gasteiger partial charge on any atom is 0.253 e. The van der Waals surface area contributed by atoms with Gasteiger partial charge in [0.2, 0.25) is 0 Å². The maximum absolute atomic E-state index is 13.0. The van der Waals surface area contributed by atoms with Crippen LogP contribution in [-0.4, -0.2) is 90.7 Å². The second-order valence-electron chi connectivity index (χ2n) is 9.17. The monoisotopic (exact) mass is 454 g/mol. The minimum absolute atomic E-state index is 0.167. The van der Waals surface area contributed by atoms with E-state index in [9.17, 15) is 4.79 Å². The molecule has 0 radical (unpaired) electrons. The first-order valence-electron chi connectivity index (χ1n) is 12.1. The van der Waals surface area contributed by atoms with Crippen LogP contribution in [0.1, 0.15) is 41.0 Å². The highest BCUT2D eigenvalue weighted by Crippen LogP contribution is 2.25. The third-order valence-corrected chi connectivity index (χ3v) is 8.04. The van der Waals surface area contributed by atoms with E-state index in [4.69, 9.17) is 9.72 Å². The van der Waals surface area contributed by atoms with Gasteiger partial charge in [-0.25, -0.2) is 4.98 Å². The zero-order chi connectivity index (χ0) is 21.8. The molecule has 0 saturated carbocycles. The molecule has 7 heteroatoms. The molecular formula is C25H34N4O2S. The smallest absolute Gasteiger partial charge is 0.253 e. The van der Waals surface area contributed by atoms with Crippen LogP contribution in [0.15, 0.2) is 29.6 Å². The van der Waals surface area contributed by atoms with Crippen molar-refractivity contribution in [2.45, 2.75) is 38.1 Å². The Morgan fingerprint density at radius 2 is 1.72 bits per heavy atom. The Hall–Kier alpha value is -1.80. The SMILES string of the molecule is O=C(c1ccc(-c2csc(CCN3CCOCC3)n2)cc1)N1CCC(N2CCCC2)CC1. The normalized spacial score (nSPS) is 21.3. The molecule has 5 rings (SSSR count). The lowest BCUT2D eigenvalue weighted by atomic mass is 10.0. The fourth-order valence-electron chi connectivity index (χ4n) is 5.14. The molecule has 3 aliphatic heterocycles. The van der Waals surface area contributed by atoms with E-state index in [1.54, 1.807) is 11.3 Å². The van der Waals surface area contributed by atoms with Crippen LogP contribution in [0, 0.1) is 0 Å². The fraction of sp³-hybridized carbons (Fsp3) is 0.600. The van der Waals surface area contributed by atoms with E-state index in [0.29, 0.717) is 6.04 Å². The fourth-order valence-corrected chi connectivity index (χ4v) is 5.94. The predicted molar refractivity (Wildman–Crippen MR) is 128 cm³/mol. The summed E-state index contributed by atoms with van der Waals surface area (Å²) >= 11 is 1.73. The summed E-state index contributed by atoms with van der Waals surface area (Å²) in [5, 5.41) is 3.31. The Balaban J connectivity index is 1.14. The number of likely N-dealkylation sites (tertiary alicyclic amines) is 2. The van der Waals surface area contributed by atoms with Crippen molar-refractivity contribution >= 4 is 17.2 Å². The Labute approximate surface area is 195 Å². The van der Waals surface area contributed by atoms with Gasteiger partial charge in [0, 0.05) is 61.7 Å². The molecule has 0 unspecified atom stereocenters. The molecule has 172 valence electrons. The number of rotatable bonds is 6. The quantitative estimate of drug-likeness (QED) is 0.670. The molecule has 3 aliphatic rings. The maximum atomic E-state index is 13.0. The summed E-state index contributed by atoms with van der Waals surface area (Å²) in [6, 6.07) is 8.70. The van der Waals surface area contributed by atoms with Crippen LogP contribution in [0.5, 0.6) is 0 Å². The number of amides is 1. The van der Waals surface area contributed by atoms with E-state index in [1.807, 2.05) is 29.2 Å². The van der Waals surface area contributed by atoms with Gasteiger partial charge in [0.05, 0.1) is 23.9 Å². The van der Waals surface area contributed by atoms with E-state index >= 15 is 0 Å². The van der Waals surface area contributed by atoms with E-state index in [0.717, 1.165) is 82.0 Å². The number of aromatic nitrogens is 1. The lowest BCUT2D eigenvalue weighted by Crippen LogP contribution is -2.45. The van der Waals surface area contributed by atoms with Crippen molar-refractivity contribution < 1.29 is 9.53 Å². The molecule has 1 amide bonds. The van der Waals surface area contributed by atoms with Crippen molar-refractivity contribution in [1.29, 1.82) is 0 Å². The van der Waals surface area contributed by atoms with Crippen LogP contribution < -0.4 is 0 Å². The summed E-state index contributed by atoms with van der Waals surface area (Å²) < 4.78 is 5.42. The van der Waals surface area contributed by atoms with Gasteiger partial charge < -0.3 is 14.5 Å². The number of thiazole rings is 1. The summed E-state index contributed by atoms with van der Waals surface area (Å²) in [5.74, 6) is 0.167. The van der Waals surface area contributed by atoms with Crippen LogP contribution in [-0.2, 0) is 11.2 Å². The van der Waals surface area contributed by atoms with Gasteiger partial charge in [0.25, 0.3) is 5.91 Å². The summed E-state index contributed by atoms with van der Waals surface area (Å²) in [4.78, 5) is 24.9. The second-order valence-corrected chi connectivity index (χ2v) is 10.1. The van der Waals surface area contributed by atoms with Gasteiger partial charge in [0.15, 0.2) is 0 Å². The first-order chi connectivity index (χ1) is 15.8. The van der Waals surface area contributed by atoms with Gasteiger partial charge in [-0.1, -0.05) is 12.1 Å². The van der Waals surface area contributed by atoms with Crippen molar-refractivity contribution in [1.82, 2.24) is 19.7 Å². The predicted octanol–water partition coefficient (Wildman–Crippen LogP) is 3.39. The van der Waals surface area contributed by atoms with Crippen molar-refractivity contribution in [3.05, 3.63) is 40.2 Å². The summed E-state index contributed by atoms with van der Waals surface area (Å²) in [6.45, 7) is 8.98. The van der Waals surface area contributed by atoms with Crippen molar-refractivity contribution in [3.63, 3.8) is 0 Å². The highest BCUT2D eigenvalue weighted by molar-refractivity contribution is 7.09. The highest BCUT2D eigenvalue weighted by Gasteiger charge is 2.28. The molecule has 32 heavy (non-hydrogen) atoms. The summed E-state index contributed by atoms with van der Waals surface area (Å²) in [5.41, 5.74) is 2.89. The topological polar surface area (TPSA) is 48.9 Å². The zero-order valence-electron chi connectivity index (χ0n) is 18.9. The first kappa shape index (κ1) is 22.0. The number of benzene rings is 1. The molecule has 1 aromatic carbocycles. The number of carbonyl (C=O) groups excluding carboxylic acids is 1. The molecule has 0 aliphatic carbocycles. The average molecular weight is 455 g/mol. The molecule has 6 nitrogen and oxygen atoms in total. The number of morpholine rings is 1. The summed E-state index contributed by atoms with van der Waals surface area (Å²) in [6.07, 6.45) is 5.86. The molecule has 4 heterocycles. The van der Waals surface area contributed by atoms with Gasteiger partial charge in [-0.3, -0.25) is 9.69 Å². The molecule has 1 aromatic heterocycles. The molecule has 2 aromatic rings. The zero-order valence-corrected chi connectivity index (χ0v) is 19.7. The molecule has 0 atom stereocenters. The van der Waals surface area contributed by atoms with Crippen molar-refractivity contribution in [3.8, 4) is 11.3 Å². The average Bonchev–Trinajstić information content (AvgIpc) is 3.56. The third kappa shape index (κ3) is 5.22. The lowest BCUT2D eigenvalue weighted by Gasteiger charge is -2.36. The molecule has 3 saturated heterocycles. The van der Waals surface area contributed by atoms with Crippen LogP contribution in [0.4, 0.5) is 0 Å². The third-order valence-electron chi connectivity index (χ3n) is 7.13. The highest BCUT2D eigenvalue weighted by atomic mass is 32.1. The number of carbonyl (C=O) groups is 1. The van der Waals surface area contributed by atoms with Crippen LogP contribution >= 0.6 is 11.3 Å².